The van der Waals surface area contributed by atoms with Gasteiger partial charge in [0.05, 0.1) is 5.58 Å². The van der Waals surface area contributed by atoms with Gasteiger partial charge in [0.2, 0.25) is 0 Å². The zero-order chi connectivity index (χ0) is 30.7. The van der Waals surface area contributed by atoms with E-state index in [9.17, 15) is 0 Å². The SMILES string of the molecule is [2H]C([2H])([2H])c1ccc(-c2[c-]cccc2)nc1.[2H]C([2H])(c1ccccc1)c1ccnc(-c2[c-]ccc3c2oc2ccccc23)c1.[Ir]. The molecule has 0 aliphatic carbocycles. The number of fused-ring (bicyclic) bond motifs is 3. The van der Waals surface area contributed by atoms with Crippen LogP contribution in [0.15, 0.2) is 132 Å². The minimum Gasteiger partial charge on any atom is -0.501 e. The summed E-state index contributed by atoms with van der Waals surface area (Å²) >= 11 is 0. The van der Waals surface area contributed by atoms with Crippen LogP contribution in [0, 0.1) is 19.0 Å². The average molecular weight is 700 g/mol. The van der Waals surface area contributed by atoms with Gasteiger partial charge in [0, 0.05) is 44.7 Å². The molecule has 3 nitrogen and oxygen atoms in total. The largest absolute Gasteiger partial charge is 0.501 e. The Bertz CT molecular complexity index is 2030. The number of hydrogen-bond acceptors (Lipinski definition) is 3. The predicted molar refractivity (Wildman–Crippen MR) is 158 cm³/mol. The molecule has 0 bridgehead atoms. The Kier molecular flexibility index (Phi) is 6.79. The monoisotopic (exact) mass is 700 g/mol. The van der Waals surface area contributed by atoms with Gasteiger partial charge in [0.1, 0.15) is 5.58 Å². The summed E-state index contributed by atoms with van der Waals surface area (Å²) in [4.78, 5) is 8.60. The van der Waals surface area contributed by atoms with Crippen molar-refractivity contribution in [3.63, 3.8) is 0 Å². The minimum absolute atomic E-state index is 0. The van der Waals surface area contributed by atoms with Crippen LogP contribution in [0.25, 0.3) is 44.5 Å². The molecule has 0 amide bonds. The summed E-state index contributed by atoms with van der Waals surface area (Å²) in [5.74, 6) is 0. The van der Waals surface area contributed by atoms with Crippen LogP contribution in [0.1, 0.15) is 23.5 Å². The van der Waals surface area contributed by atoms with Gasteiger partial charge in [-0.2, -0.15) is 0 Å². The van der Waals surface area contributed by atoms with Crippen LogP contribution in [0.4, 0.5) is 0 Å². The molecule has 0 atom stereocenters. The summed E-state index contributed by atoms with van der Waals surface area (Å²) in [6, 6.07) is 41.4. The third kappa shape index (κ3) is 6.10. The van der Waals surface area contributed by atoms with Crippen LogP contribution < -0.4 is 0 Å². The maximum absolute atomic E-state index is 8.62. The van der Waals surface area contributed by atoms with Gasteiger partial charge in [0.15, 0.2) is 0 Å². The fourth-order valence-electron chi connectivity index (χ4n) is 4.32. The Morgan fingerprint density at radius 3 is 2.40 bits per heavy atom. The summed E-state index contributed by atoms with van der Waals surface area (Å²) in [6.45, 7) is -2.09. The summed E-state index contributed by atoms with van der Waals surface area (Å²) in [5.41, 5.74) is 5.91. The van der Waals surface area contributed by atoms with Gasteiger partial charge >= 0.3 is 0 Å². The Morgan fingerprint density at radius 2 is 1.60 bits per heavy atom. The molecule has 0 saturated carbocycles. The third-order valence-electron chi connectivity index (χ3n) is 6.17. The van der Waals surface area contributed by atoms with Gasteiger partial charge in [-0.3, -0.25) is 0 Å². The normalized spacial score (nSPS) is 13.1. The smallest absolute Gasteiger partial charge is 0.120 e. The van der Waals surface area contributed by atoms with Crippen molar-refractivity contribution < 1.29 is 31.4 Å². The van der Waals surface area contributed by atoms with Crippen molar-refractivity contribution in [3.8, 4) is 22.5 Å². The summed E-state index contributed by atoms with van der Waals surface area (Å²) < 4.78 is 45.0. The molecule has 0 saturated heterocycles. The van der Waals surface area contributed by atoms with Gasteiger partial charge in [-0.05, 0) is 53.4 Å². The molecule has 0 aliphatic heterocycles. The second kappa shape index (κ2) is 12.7. The number of furan rings is 1. The summed E-state index contributed by atoms with van der Waals surface area (Å²) in [7, 11) is 0. The number of nitrogens with zero attached hydrogens (tertiary/aromatic N) is 2. The van der Waals surface area contributed by atoms with Crippen molar-refractivity contribution in [2.75, 3.05) is 0 Å². The molecule has 7 aromatic rings. The number of para-hydroxylation sites is 1. The van der Waals surface area contributed by atoms with Gasteiger partial charge in [0.25, 0.3) is 0 Å². The first kappa shape index (κ1) is 21.5. The fourth-order valence-corrected chi connectivity index (χ4v) is 4.32. The first-order valence-corrected chi connectivity index (χ1v) is 12.5. The number of aryl methyl sites for hydroxylation is 1. The zero-order valence-corrected chi connectivity index (χ0v) is 23.7. The van der Waals surface area contributed by atoms with Crippen LogP contribution in [0.2, 0.25) is 0 Å². The van der Waals surface area contributed by atoms with Crippen LogP contribution >= 0.6 is 0 Å². The van der Waals surface area contributed by atoms with E-state index in [4.69, 9.17) is 11.3 Å². The van der Waals surface area contributed by atoms with E-state index in [2.05, 4.69) is 22.1 Å². The van der Waals surface area contributed by atoms with E-state index in [1.165, 1.54) is 6.20 Å². The Balaban J connectivity index is 0.000000202. The molecular formula is C36H26IrN2O-2. The van der Waals surface area contributed by atoms with E-state index in [0.29, 0.717) is 22.4 Å². The summed E-state index contributed by atoms with van der Waals surface area (Å²) in [5, 5.41) is 2.05. The van der Waals surface area contributed by atoms with Gasteiger partial charge in [-0.1, -0.05) is 77.7 Å². The topological polar surface area (TPSA) is 38.9 Å². The number of aromatic nitrogens is 2. The second-order valence-electron chi connectivity index (χ2n) is 8.82. The molecule has 4 aromatic carbocycles. The van der Waals surface area contributed by atoms with E-state index >= 15 is 0 Å². The molecule has 197 valence electrons. The standard InChI is InChI=1S/C24H16NO.C12H10N.Ir/c1-2-7-17(8-3-1)15-18-13-14-25-22(16-18)21-11-6-10-20-19-9-4-5-12-23(19)26-24(20)21;1-10-7-8-12(13-9-10)11-5-3-2-4-6-11;/h1-10,12-14,16H,15H2;2-5,7-9H,1H3;/q2*-1;/i15D2;1D3;. The van der Waals surface area contributed by atoms with Crippen molar-refractivity contribution >= 4 is 21.9 Å². The molecule has 3 aromatic heterocycles. The maximum atomic E-state index is 8.62. The van der Waals surface area contributed by atoms with Crippen molar-refractivity contribution in [2.45, 2.75) is 13.2 Å². The zero-order valence-electron chi connectivity index (χ0n) is 26.3. The van der Waals surface area contributed by atoms with E-state index in [1.807, 2.05) is 72.8 Å². The summed E-state index contributed by atoms with van der Waals surface area (Å²) in [6.07, 6.45) is 1.41. The van der Waals surface area contributed by atoms with Gasteiger partial charge < -0.3 is 14.4 Å². The van der Waals surface area contributed by atoms with Crippen molar-refractivity contribution in [3.05, 3.63) is 156 Å². The minimum atomic E-state index is -2.09. The number of pyridine rings is 2. The van der Waals surface area contributed by atoms with Crippen molar-refractivity contribution in [2.24, 2.45) is 0 Å². The van der Waals surface area contributed by atoms with Crippen molar-refractivity contribution in [1.82, 2.24) is 9.97 Å². The third-order valence-corrected chi connectivity index (χ3v) is 6.17. The van der Waals surface area contributed by atoms with Crippen LogP contribution in [0.5, 0.6) is 0 Å². The number of hydrogen-bond donors (Lipinski definition) is 0. The molecule has 3 heterocycles. The van der Waals surface area contributed by atoms with E-state index < -0.39 is 13.2 Å². The van der Waals surface area contributed by atoms with E-state index in [1.54, 1.807) is 48.7 Å². The molecule has 0 unspecified atom stereocenters. The molecule has 7 rings (SSSR count). The Morgan fingerprint density at radius 1 is 0.750 bits per heavy atom. The number of benzene rings is 4. The molecule has 0 spiro atoms. The molecular weight excluding hydrogens is 669 g/mol. The molecule has 0 aliphatic rings. The average Bonchev–Trinajstić information content (AvgIpc) is 3.45. The predicted octanol–water partition coefficient (Wildman–Crippen LogP) is 8.89. The quantitative estimate of drug-likeness (QED) is 0.172. The molecule has 4 heteroatoms. The van der Waals surface area contributed by atoms with Gasteiger partial charge in [-0.15, -0.1) is 54.1 Å². The first-order valence-electron chi connectivity index (χ1n) is 15.0. The van der Waals surface area contributed by atoms with Crippen LogP contribution in [0.3, 0.4) is 0 Å². The Labute approximate surface area is 254 Å². The van der Waals surface area contributed by atoms with Crippen LogP contribution in [-0.4, -0.2) is 9.97 Å². The molecule has 0 fully saturated rings. The molecule has 40 heavy (non-hydrogen) atoms. The number of rotatable bonds is 4. The molecule has 0 N–H and O–H groups in total. The van der Waals surface area contributed by atoms with Crippen LogP contribution in [-0.2, 0) is 26.5 Å². The first-order chi connectivity index (χ1) is 21.2. The maximum Gasteiger partial charge on any atom is 0.120 e. The molecule has 1 radical (unpaired) electrons. The van der Waals surface area contributed by atoms with Gasteiger partial charge in [-0.25, -0.2) is 0 Å². The van der Waals surface area contributed by atoms with Crippen molar-refractivity contribution in [1.29, 1.82) is 0 Å². The van der Waals surface area contributed by atoms with E-state index in [-0.39, 0.29) is 25.7 Å². The second-order valence-corrected chi connectivity index (χ2v) is 8.82. The van der Waals surface area contributed by atoms with E-state index in [0.717, 1.165) is 33.2 Å². The fraction of sp³-hybridized carbons (Fsp3) is 0.0556. The Hall–Kier alpha value is -4.37.